The van der Waals surface area contributed by atoms with Gasteiger partial charge in [0, 0.05) is 12.6 Å². The summed E-state index contributed by atoms with van der Waals surface area (Å²) < 4.78 is 1.79. The Bertz CT molecular complexity index is 457. The van der Waals surface area contributed by atoms with Crippen LogP contribution >= 0.6 is 0 Å². The molecule has 0 amide bonds. The van der Waals surface area contributed by atoms with Crippen molar-refractivity contribution in [2.45, 2.75) is 19.8 Å². The van der Waals surface area contributed by atoms with Crippen LogP contribution in [-0.4, -0.2) is 14.8 Å². The van der Waals surface area contributed by atoms with Gasteiger partial charge in [-0.2, -0.15) is 5.10 Å². The average Bonchev–Trinajstić information content (AvgIpc) is 2.64. The monoisotopic (exact) mass is 201 g/mol. The van der Waals surface area contributed by atoms with E-state index in [1.54, 1.807) is 11.0 Å². The predicted molar refractivity (Wildman–Crippen MR) is 60.5 cm³/mol. The van der Waals surface area contributed by atoms with Gasteiger partial charge in [-0.15, -0.1) is 0 Å². The summed E-state index contributed by atoms with van der Waals surface area (Å²) in [5.74, 6) is 1.45. The minimum Gasteiger partial charge on any atom is -0.249 e. The van der Waals surface area contributed by atoms with Crippen LogP contribution in [-0.2, 0) is 7.05 Å². The average molecular weight is 201 g/mol. The van der Waals surface area contributed by atoms with E-state index in [2.05, 4.69) is 48.2 Å². The molecular weight excluding hydrogens is 186 g/mol. The van der Waals surface area contributed by atoms with Gasteiger partial charge in [0.15, 0.2) is 5.82 Å². The largest absolute Gasteiger partial charge is 0.249 e. The summed E-state index contributed by atoms with van der Waals surface area (Å²) in [6, 6.07) is 8.45. The van der Waals surface area contributed by atoms with Gasteiger partial charge in [-0.1, -0.05) is 32.0 Å². The Kier molecular flexibility index (Phi) is 2.54. The van der Waals surface area contributed by atoms with Crippen LogP contribution in [0.25, 0.3) is 11.4 Å². The van der Waals surface area contributed by atoms with Crippen molar-refractivity contribution >= 4 is 0 Å². The number of rotatable bonds is 2. The lowest BCUT2D eigenvalue weighted by Crippen LogP contribution is -1.95. The van der Waals surface area contributed by atoms with E-state index >= 15 is 0 Å². The molecular formula is C12H15N3. The molecule has 3 nitrogen and oxygen atoms in total. The Morgan fingerprint density at radius 3 is 2.67 bits per heavy atom. The summed E-state index contributed by atoms with van der Waals surface area (Å²) in [7, 11) is 1.91. The Hall–Kier alpha value is -1.64. The first-order chi connectivity index (χ1) is 7.18. The van der Waals surface area contributed by atoms with E-state index in [0.29, 0.717) is 5.92 Å². The van der Waals surface area contributed by atoms with Crippen LogP contribution in [0.4, 0.5) is 0 Å². The first-order valence-electron chi connectivity index (χ1n) is 5.13. The topological polar surface area (TPSA) is 30.7 Å². The van der Waals surface area contributed by atoms with Crippen LogP contribution in [0.15, 0.2) is 30.6 Å². The van der Waals surface area contributed by atoms with E-state index in [1.165, 1.54) is 5.56 Å². The Morgan fingerprint density at radius 1 is 1.27 bits per heavy atom. The Balaban J connectivity index is 2.46. The fourth-order valence-electron chi connectivity index (χ4n) is 1.59. The Labute approximate surface area is 89.8 Å². The number of nitrogens with zero attached hydrogens (tertiary/aromatic N) is 3. The summed E-state index contributed by atoms with van der Waals surface area (Å²) in [5, 5.41) is 4.07. The molecule has 0 aliphatic carbocycles. The maximum atomic E-state index is 4.24. The van der Waals surface area contributed by atoms with Crippen molar-refractivity contribution in [3.05, 3.63) is 36.2 Å². The standard InChI is InChI=1S/C12H15N3/c1-9(2)10-5-4-6-11(7-10)12-13-8-14-15(12)3/h4-9H,1-3H3. The zero-order chi connectivity index (χ0) is 10.8. The minimum absolute atomic E-state index is 0.540. The summed E-state index contributed by atoms with van der Waals surface area (Å²) in [4.78, 5) is 4.24. The molecule has 0 N–H and O–H groups in total. The summed E-state index contributed by atoms with van der Waals surface area (Å²) >= 11 is 0. The molecule has 2 rings (SSSR count). The van der Waals surface area contributed by atoms with Gasteiger partial charge in [0.1, 0.15) is 6.33 Å². The normalized spacial score (nSPS) is 10.9. The molecule has 3 heteroatoms. The zero-order valence-electron chi connectivity index (χ0n) is 9.31. The van der Waals surface area contributed by atoms with Crippen LogP contribution in [0.2, 0.25) is 0 Å². The first-order valence-corrected chi connectivity index (χ1v) is 5.13. The third kappa shape index (κ3) is 1.91. The number of benzene rings is 1. The molecule has 0 unspecified atom stereocenters. The highest BCUT2D eigenvalue weighted by molar-refractivity contribution is 5.56. The molecule has 1 aromatic heterocycles. The van der Waals surface area contributed by atoms with Gasteiger partial charge in [0.2, 0.25) is 0 Å². The highest BCUT2D eigenvalue weighted by atomic mass is 15.3. The molecule has 0 saturated carbocycles. The smallest absolute Gasteiger partial charge is 0.157 e. The fourth-order valence-corrected chi connectivity index (χ4v) is 1.59. The quantitative estimate of drug-likeness (QED) is 0.747. The van der Waals surface area contributed by atoms with Crippen molar-refractivity contribution in [2.24, 2.45) is 7.05 Å². The highest BCUT2D eigenvalue weighted by Crippen LogP contribution is 2.21. The number of hydrogen-bond donors (Lipinski definition) is 0. The Morgan fingerprint density at radius 2 is 2.07 bits per heavy atom. The van der Waals surface area contributed by atoms with E-state index < -0.39 is 0 Å². The third-order valence-electron chi connectivity index (χ3n) is 2.52. The molecule has 78 valence electrons. The van der Waals surface area contributed by atoms with Crippen LogP contribution in [0.3, 0.4) is 0 Å². The molecule has 0 bridgehead atoms. The summed E-state index contributed by atoms with van der Waals surface area (Å²) in [6.45, 7) is 4.38. The van der Waals surface area contributed by atoms with Crippen LogP contribution in [0.1, 0.15) is 25.3 Å². The second-order valence-electron chi connectivity index (χ2n) is 3.99. The SMILES string of the molecule is CC(C)c1cccc(-c2ncnn2C)c1. The van der Waals surface area contributed by atoms with Crippen LogP contribution in [0.5, 0.6) is 0 Å². The fraction of sp³-hybridized carbons (Fsp3) is 0.333. The summed E-state index contributed by atoms with van der Waals surface area (Å²) in [5.41, 5.74) is 2.46. The van der Waals surface area contributed by atoms with Gasteiger partial charge in [-0.05, 0) is 17.5 Å². The van der Waals surface area contributed by atoms with Gasteiger partial charge in [-0.25, -0.2) is 9.67 Å². The maximum absolute atomic E-state index is 4.24. The van der Waals surface area contributed by atoms with Crippen molar-refractivity contribution in [1.82, 2.24) is 14.8 Å². The molecule has 0 saturated heterocycles. The van der Waals surface area contributed by atoms with E-state index in [9.17, 15) is 0 Å². The van der Waals surface area contributed by atoms with Gasteiger partial charge in [0.05, 0.1) is 0 Å². The van der Waals surface area contributed by atoms with Crippen molar-refractivity contribution in [3.8, 4) is 11.4 Å². The molecule has 1 heterocycles. The lowest BCUT2D eigenvalue weighted by Gasteiger charge is -2.07. The molecule has 1 aromatic carbocycles. The zero-order valence-corrected chi connectivity index (χ0v) is 9.31. The van der Waals surface area contributed by atoms with Crippen molar-refractivity contribution in [2.75, 3.05) is 0 Å². The summed E-state index contributed by atoms with van der Waals surface area (Å²) in [6.07, 6.45) is 1.58. The first kappa shape index (κ1) is 9.90. The van der Waals surface area contributed by atoms with Gasteiger partial charge in [-0.3, -0.25) is 0 Å². The lowest BCUT2D eigenvalue weighted by atomic mass is 10.0. The van der Waals surface area contributed by atoms with E-state index in [1.807, 2.05) is 7.05 Å². The van der Waals surface area contributed by atoms with Crippen molar-refractivity contribution in [1.29, 1.82) is 0 Å². The van der Waals surface area contributed by atoms with Gasteiger partial charge in [0.25, 0.3) is 0 Å². The van der Waals surface area contributed by atoms with E-state index in [4.69, 9.17) is 0 Å². The van der Waals surface area contributed by atoms with Gasteiger partial charge < -0.3 is 0 Å². The molecule has 2 aromatic rings. The van der Waals surface area contributed by atoms with Gasteiger partial charge >= 0.3 is 0 Å². The highest BCUT2D eigenvalue weighted by Gasteiger charge is 2.06. The molecule has 15 heavy (non-hydrogen) atoms. The molecule has 0 aliphatic rings. The molecule has 0 radical (unpaired) electrons. The molecule has 0 spiro atoms. The van der Waals surface area contributed by atoms with Crippen LogP contribution < -0.4 is 0 Å². The molecule has 0 atom stereocenters. The number of hydrogen-bond acceptors (Lipinski definition) is 2. The lowest BCUT2D eigenvalue weighted by molar-refractivity contribution is 0.774. The number of aromatic nitrogens is 3. The van der Waals surface area contributed by atoms with Crippen molar-refractivity contribution in [3.63, 3.8) is 0 Å². The second kappa shape index (κ2) is 3.85. The second-order valence-corrected chi connectivity index (χ2v) is 3.99. The predicted octanol–water partition coefficient (Wildman–Crippen LogP) is 2.61. The minimum atomic E-state index is 0.540. The third-order valence-corrected chi connectivity index (χ3v) is 2.52. The maximum Gasteiger partial charge on any atom is 0.157 e. The molecule has 0 aliphatic heterocycles. The molecule has 0 fully saturated rings. The number of aryl methyl sites for hydroxylation is 1. The van der Waals surface area contributed by atoms with E-state index in [0.717, 1.165) is 11.4 Å². The van der Waals surface area contributed by atoms with Crippen molar-refractivity contribution < 1.29 is 0 Å². The van der Waals surface area contributed by atoms with E-state index in [-0.39, 0.29) is 0 Å². The van der Waals surface area contributed by atoms with Crippen LogP contribution in [0, 0.1) is 0 Å².